The molecule has 5 rings (SSSR count). The van der Waals surface area contributed by atoms with Crippen LogP contribution < -0.4 is 14.8 Å². The number of ether oxygens (including phenoxy) is 2. The first-order chi connectivity index (χ1) is 15.6. The summed E-state index contributed by atoms with van der Waals surface area (Å²) in [4.78, 5) is 21.1. The first-order valence-corrected chi connectivity index (χ1v) is 10.9. The van der Waals surface area contributed by atoms with E-state index in [0.29, 0.717) is 57.2 Å². The number of fused-ring (bicyclic) bond motifs is 2. The third-order valence-corrected chi connectivity index (χ3v) is 5.96. The van der Waals surface area contributed by atoms with Crippen LogP contribution in [0.4, 0.5) is 10.1 Å². The summed E-state index contributed by atoms with van der Waals surface area (Å²) in [6.45, 7) is 0.893. The zero-order valence-electron chi connectivity index (χ0n) is 16.4. The predicted molar refractivity (Wildman–Crippen MR) is 118 cm³/mol. The molecule has 32 heavy (non-hydrogen) atoms. The van der Waals surface area contributed by atoms with Crippen LogP contribution >= 0.6 is 23.4 Å². The minimum absolute atomic E-state index is 0.0958. The van der Waals surface area contributed by atoms with Crippen molar-refractivity contribution in [3.05, 3.63) is 59.8 Å². The second kappa shape index (κ2) is 8.64. The Labute approximate surface area is 190 Å². The van der Waals surface area contributed by atoms with Gasteiger partial charge in [0.15, 0.2) is 17.1 Å². The molecule has 1 N–H and O–H groups in total. The van der Waals surface area contributed by atoms with E-state index in [0.717, 1.165) is 0 Å². The molecule has 0 saturated heterocycles. The fourth-order valence-electron chi connectivity index (χ4n) is 3.19. The Morgan fingerprint density at radius 2 is 1.91 bits per heavy atom. The Kier molecular flexibility index (Phi) is 5.54. The lowest BCUT2D eigenvalue weighted by molar-refractivity contribution is -0.113. The molecule has 8 nitrogen and oxygen atoms in total. The van der Waals surface area contributed by atoms with Crippen LogP contribution in [0.25, 0.3) is 16.7 Å². The van der Waals surface area contributed by atoms with Crippen LogP contribution in [0.2, 0.25) is 5.02 Å². The maximum Gasteiger partial charge on any atom is 0.234 e. The van der Waals surface area contributed by atoms with E-state index >= 15 is 0 Å². The number of benzene rings is 2. The van der Waals surface area contributed by atoms with Gasteiger partial charge in [-0.15, -0.1) is 0 Å². The van der Waals surface area contributed by atoms with E-state index in [2.05, 4.69) is 20.4 Å². The molecule has 2 aromatic heterocycles. The molecule has 1 aliphatic heterocycles. The summed E-state index contributed by atoms with van der Waals surface area (Å²) >= 11 is 7.51. The number of anilines is 1. The topological polar surface area (TPSA) is 91.2 Å². The molecule has 0 fully saturated rings. The molecule has 0 radical (unpaired) electrons. The molecule has 3 heterocycles. The maximum atomic E-state index is 13.2. The van der Waals surface area contributed by atoms with E-state index in [1.807, 2.05) is 0 Å². The second-order valence-corrected chi connectivity index (χ2v) is 8.13. The largest absolute Gasteiger partial charge is 0.486 e. The van der Waals surface area contributed by atoms with Crippen molar-refractivity contribution in [2.45, 2.75) is 5.03 Å². The van der Waals surface area contributed by atoms with Crippen molar-refractivity contribution in [1.29, 1.82) is 0 Å². The number of hydrogen-bond donors (Lipinski definition) is 1. The normalized spacial score (nSPS) is 12.7. The van der Waals surface area contributed by atoms with Crippen molar-refractivity contribution in [2.75, 3.05) is 24.3 Å². The zero-order chi connectivity index (χ0) is 22.1. The fraction of sp³-hybridized carbons (Fsp3) is 0.143. The van der Waals surface area contributed by atoms with Gasteiger partial charge in [-0.2, -0.15) is 5.10 Å². The van der Waals surface area contributed by atoms with Crippen LogP contribution in [0.3, 0.4) is 0 Å². The number of hydrogen-bond acceptors (Lipinski definition) is 7. The molecule has 1 aliphatic rings. The lowest BCUT2D eigenvalue weighted by Gasteiger charge is -2.20. The first-order valence-electron chi connectivity index (χ1n) is 9.55. The van der Waals surface area contributed by atoms with Gasteiger partial charge in [-0.05, 0) is 24.3 Å². The molecule has 0 bridgehead atoms. The Balaban J connectivity index is 1.31. The van der Waals surface area contributed by atoms with Crippen LogP contribution in [0.15, 0.2) is 53.9 Å². The molecular weight excluding hydrogens is 457 g/mol. The predicted octanol–water partition coefficient (Wildman–Crippen LogP) is 4.11. The highest BCUT2D eigenvalue weighted by atomic mass is 35.5. The number of rotatable bonds is 5. The molecule has 0 spiro atoms. The van der Waals surface area contributed by atoms with Crippen molar-refractivity contribution >= 4 is 46.0 Å². The SMILES string of the molecule is O=C(CSc1ncnc2c1cnn2-c1ccc(F)cc1)Nc1cc2c(cc1Cl)OCCO2. The quantitative estimate of drug-likeness (QED) is 0.346. The smallest absolute Gasteiger partial charge is 0.234 e. The molecule has 1 amide bonds. The van der Waals surface area contributed by atoms with E-state index < -0.39 is 0 Å². The molecule has 0 unspecified atom stereocenters. The highest BCUT2D eigenvalue weighted by molar-refractivity contribution is 8.00. The molecule has 0 atom stereocenters. The van der Waals surface area contributed by atoms with Crippen LogP contribution in [0, 0.1) is 5.82 Å². The van der Waals surface area contributed by atoms with Gasteiger partial charge < -0.3 is 14.8 Å². The first kappa shape index (κ1) is 20.5. The Morgan fingerprint density at radius 3 is 2.69 bits per heavy atom. The number of thioether (sulfide) groups is 1. The second-order valence-electron chi connectivity index (χ2n) is 6.76. The molecular formula is C21H15ClFN5O3S. The van der Waals surface area contributed by atoms with Crippen LogP contribution in [-0.2, 0) is 4.79 Å². The van der Waals surface area contributed by atoms with Gasteiger partial charge >= 0.3 is 0 Å². The minimum atomic E-state index is -0.333. The molecule has 0 aliphatic carbocycles. The van der Waals surface area contributed by atoms with Gasteiger partial charge in [-0.3, -0.25) is 4.79 Å². The fourth-order valence-corrected chi connectivity index (χ4v) is 4.15. The van der Waals surface area contributed by atoms with Crippen molar-refractivity contribution in [1.82, 2.24) is 19.7 Å². The molecule has 11 heteroatoms. The highest BCUT2D eigenvalue weighted by Crippen LogP contribution is 2.38. The highest BCUT2D eigenvalue weighted by Gasteiger charge is 2.17. The van der Waals surface area contributed by atoms with Crippen molar-refractivity contribution in [3.63, 3.8) is 0 Å². The van der Waals surface area contributed by atoms with E-state index in [-0.39, 0.29) is 17.5 Å². The summed E-state index contributed by atoms with van der Waals surface area (Å²) in [6.07, 6.45) is 3.03. The average Bonchev–Trinajstić information content (AvgIpc) is 3.23. The van der Waals surface area contributed by atoms with Crippen molar-refractivity contribution in [3.8, 4) is 17.2 Å². The molecule has 0 saturated carbocycles. The summed E-state index contributed by atoms with van der Waals surface area (Å²) in [5.74, 6) is 0.592. The van der Waals surface area contributed by atoms with E-state index in [9.17, 15) is 9.18 Å². The zero-order valence-corrected chi connectivity index (χ0v) is 18.0. The maximum absolute atomic E-state index is 13.2. The van der Waals surface area contributed by atoms with Gasteiger partial charge in [-0.25, -0.2) is 19.0 Å². The van der Waals surface area contributed by atoms with Crippen LogP contribution in [-0.4, -0.2) is 44.6 Å². The van der Waals surface area contributed by atoms with E-state index in [4.69, 9.17) is 21.1 Å². The van der Waals surface area contributed by atoms with Gasteiger partial charge in [0.1, 0.15) is 30.4 Å². The Morgan fingerprint density at radius 1 is 1.16 bits per heavy atom. The average molecular weight is 472 g/mol. The number of nitrogens with one attached hydrogen (secondary N) is 1. The lowest BCUT2D eigenvalue weighted by atomic mass is 10.2. The van der Waals surface area contributed by atoms with Gasteiger partial charge in [0.2, 0.25) is 5.91 Å². The van der Waals surface area contributed by atoms with Crippen molar-refractivity contribution in [2.24, 2.45) is 0 Å². The van der Waals surface area contributed by atoms with E-state index in [1.54, 1.807) is 35.1 Å². The van der Waals surface area contributed by atoms with Gasteiger partial charge in [0.25, 0.3) is 0 Å². The van der Waals surface area contributed by atoms with Gasteiger partial charge in [0.05, 0.1) is 33.7 Å². The summed E-state index contributed by atoms with van der Waals surface area (Å²) in [5.41, 5.74) is 1.67. The number of amides is 1. The van der Waals surface area contributed by atoms with Gasteiger partial charge in [-0.1, -0.05) is 23.4 Å². The number of nitrogens with zero attached hydrogens (tertiary/aromatic N) is 4. The summed E-state index contributed by atoms with van der Waals surface area (Å²) < 4.78 is 25.8. The van der Waals surface area contributed by atoms with Gasteiger partial charge in [0, 0.05) is 12.1 Å². The molecule has 2 aromatic carbocycles. The van der Waals surface area contributed by atoms with E-state index in [1.165, 1.54) is 30.2 Å². The van der Waals surface area contributed by atoms with Crippen molar-refractivity contribution < 1.29 is 18.7 Å². The third-order valence-electron chi connectivity index (χ3n) is 4.65. The Hall–Kier alpha value is -3.37. The number of halogens is 2. The third kappa shape index (κ3) is 4.06. The number of carbonyl (C=O) groups excluding carboxylic acids is 1. The summed E-state index contributed by atoms with van der Waals surface area (Å²) in [6, 6.07) is 9.20. The summed E-state index contributed by atoms with van der Waals surface area (Å²) in [7, 11) is 0. The monoisotopic (exact) mass is 471 g/mol. The number of carbonyl (C=O) groups is 1. The molecule has 4 aromatic rings. The summed E-state index contributed by atoms with van der Waals surface area (Å²) in [5, 5.41) is 8.78. The van der Waals surface area contributed by atoms with Crippen LogP contribution in [0.5, 0.6) is 11.5 Å². The number of aromatic nitrogens is 4. The standard InChI is InChI=1S/C21H15ClFN5O3S/c22-15-7-17-18(31-6-5-30-17)8-16(15)27-19(29)10-32-21-14-9-26-28(20(14)24-11-25-21)13-3-1-12(23)2-4-13/h1-4,7-9,11H,5-6,10H2,(H,27,29). The van der Waals surface area contributed by atoms with Crippen LogP contribution in [0.1, 0.15) is 0 Å². The lowest BCUT2D eigenvalue weighted by Crippen LogP contribution is -2.17. The molecule has 162 valence electrons. The minimum Gasteiger partial charge on any atom is -0.486 e. The Bertz CT molecular complexity index is 1320.